The van der Waals surface area contributed by atoms with Crippen molar-refractivity contribution in [2.45, 2.75) is 26.2 Å². The minimum Gasteiger partial charge on any atom is -0.339 e. The molecular formula is C21H21ClF2N6OS. The number of carbonyl (C=O) groups excluding carboxylic acids is 1. The van der Waals surface area contributed by atoms with Gasteiger partial charge < -0.3 is 10.2 Å². The van der Waals surface area contributed by atoms with Crippen molar-refractivity contribution in [3.8, 4) is 0 Å². The Labute approximate surface area is 193 Å². The number of benzene rings is 1. The molecule has 3 heterocycles. The van der Waals surface area contributed by atoms with Crippen LogP contribution in [0.25, 0.3) is 0 Å². The predicted molar refractivity (Wildman–Crippen MR) is 120 cm³/mol. The van der Waals surface area contributed by atoms with E-state index in [1.165, 1.54) is 18.3 Å². The van der Waals surface area contributed by atoms with Gasteiger partial charge in [0.05, 0.1) is 10.6 Å². The van der Waals surface area contributed by atoms with E-state index in [0.717, 1.165) is 22.6 Å². The summed E-state index contributed by atoms with van der Waals surface area (Å²) in [5.74, 6) is 1.06. The first-order valence-electron chi connectivity index (χ1n) is 10.1. The number of hydrogen-bond donors (Lipinski definition) is 1. The van der Waals surface area contributed by atoms with Crippen LogP contribution in [-0.4, -0.2) is 43.1 Å². The van der Waals surface area contributed by atoms with Crippen LogP contribution in [0.2, 0.25) is 5.02 Å². The fourth-order valence-electron chi connectivity index (χ4n) is 3.77. The molecule has 1 aliphatic heterocycles. The van der Waals surface area contributed by atoms with Gasteiger partial charge in [0.1, 0.15) is 11.6 Å². The van der Waals surface area contributed by atoms with E-state index in [1.54, 1.807) is 23.1 Å². The molecule has 7 nitrogen and oxygen atoms in total. The molecular weight excluding hydrogens is 458 g/mol. The van der Waals surface area contributed by atoms with Crippen LogP contribution in [0, 0.1) is 18.7 Å². The highest BCUT2D eigenvalue weighted by atomic mass is 35.5. The van der Waals surface area contributed by atoms with Crippen LogP contribution in [0.3, 0.4) is 0 Å². The lowest BCUT2D eigenvalue weighted by atomic mass is 9.92. The minimum atomic E-state index is -0.676. The summed E-state index contributed by atoms with van der Waals surface area (Å²) in [6.45, 7) is 2.95. The van der Waals surface area contributed by atoms with Gasteiger partial charge >= 0.3 is 0 Å². The quantitative estimate of drug-likeness (QED) is 0.537. The third-order valence-electron chi connectivity index (χ3n) is 5.35. The average molecular weight is 479 g/mol. The number of rotatable bonds is 6. The van der Waals surface area contributed by atoms with E-state index in [2.05, 4.69) is 20.4 Å². The van der Waals surface area contributed by atoms with Gasteiger partial charge in [0.15, 0.2) is 24.0 Å². The van der Waals surface area contributed by atoms with Crippen LogP contribution >= 0.6 is 23.9 Å². The first-order chi connectivity index (χ1) is 15.4. The van der Waals surface area contributed by atoms with E-state index in [-0.39, 0.29) is 28.8 Å². The highest BCUT2D eigenvalue weighted by molar-refractivity contribution is 7.92. The number of aryl methyl sites for hydroxylation is 1. The van der Waals surface area contributed by atoms with Crippen molar-refractivity contribution >= 4 is 41.5 Å². The first-order valence-corrected chi connectivity index (χ1v) is 11.2. The number of amides is 1. The number of piperidine rings is 1. The third kappa shape index (κ3) is 5.18. The van der Waals surface area contributed by atoms with Gasteiger partial charge in [-0.25, -0.2) is 14.4 Å². The fourth-order valence-corrected chi connectivity index (χ4v) is 4.17. The Kier molecular flexibility index (Phi) is 6.90. The second-order valence-electron chi connectivity index (χ2n) is 7.65. The van der Waals surface area contributed by atoms with E-state index in [9.17, 15) is 13.1 Å². The van der Waals surface area contributed by atoms with Gasteiger partial charge in [-0.2, -0.15) is 4.09 Å². The number of likely N-dealkylation sites (tertiary alicyclic amines) is 1. The molecule has 3 aromatic rings. The molecule has 0 saturated carbocycles. The zero-order chi connectivity index (χ0) is 22.7. The van der Waals surface area contributed by atoms with Crippen molar-refractivity contribution in [2.75, 3.05) is 18.4 Å². The summed E-state index contributed by atoms with van der Waals surface area (Å²) in [6.07, 6.45) is 3.71. The third-order valence-corrected chi connectivity index (χ3v) is 5.99. The molecule has 0 aliphatic carbocycles. The van der Waals surface area contributed by atoms with E-state index in [4.69, 9.17) is 11.6 Å². The first kappa shape index (κ1) is 22.5. The van der Waals surface area contributed by atoms with Crippen LogP contribution in [0.15, 0.2) is 36.5 Å². The molecule has 32 heavy (non-hydrogen) atoms. The van der Waals surface area contributed by atoms with Crippen LogP contribution in [0.4, 0.5) is 19.9 Å². The van der Waals surface area contributed by atoms with Crippen molar-refractivity contribution < 1.29 is 13.1 Å². The summed E-state index contributed by atoms with van der Waals surface area (Å²) in [7, 11) is 0. The molecule has 0 bridgehead atoms. The number of carbonyl (C=O) groups is 1. The summed E-state index contributed by atoms with van der Waals surface area (Å²) in [4.78, 5) is 23.4. The van der Waals surface area contributed by atoms with Crippen LogP contribution in [0.5, 0.6) is 0 Å². The summed E-state index contributed by atoms with van der Waals surface area (Å²) >= 11 is 5.82. The number of halogens is 3. The van der Waals surface area contributed by atoms with Crippen molar-refractivity contribution in [1.29, 1.82) is 0 Å². The van der Waals surface area contributed by atoms with Gasteiger partial charge in [0.2, 0.25) is 0 Å². The Morgan fingerprint density at radius 1 is 1.25 bits per heavy atom. The number of nitrogens with one attached hydrogen (secondary N) is 1. The number of aromatic nitrogens is 4. The molecule has 1 aliphatic rings. The van der Waals surface area contributed by atoms with Gasteiger partial charge in [-0.15, -0.1) is 8.98 Å². The van der Waals surface area contributed by atoms with Gasteiger partial charge in [-0.1, -0.05) is 17.7 Å². The summed E-state index contributed by atoms with van der Waals surface area (Å²) in [5, 5.41) is 7.03. The molecule has 1 saturated heterocycles. The fraction of sp³-hybridized carbons (Fsp3) is 0.333. The molecule has 1 fully saturated rings. The lowest BCUT2D eigenvalue weighted by Crippen LogP contribution is -2.39. The molecule has 1 N–H and O–H groups in total. The van der Waals surface area contributed by atoms with E-state index in [1.807, 2.05) is 6.92 Å². The zero-order valence-electron chi connectivity index (χ0n) is 17.3. The molecule has 1 amide bonds. The molecule has 1 aromatic carbocycles. The molecule has 0 atom stereocenters. The maximum atomic E-state index is 14.2. The van der Waals surface area contributed by atoms with E-state index < -0.39 is 5.82 Å². The topological polar surface area (TPSA) is 75.9 Å². The number of hydrogen-bond acceptors (Lipinski definition) is 6. The number of anilines is 2. The van der Waals surface area contributed by atoms with Crippen LogP contribution < -0.4 is 5.32 Å². The molecule has 11 heteroatoms. The molecule has 168 valence electrons. The Bertz CT molecular complexity index is 1120. The second kappa shape index (κ2) is 9.83. The Balaban J connectivity index is 1.37. The smallest absolute Gasteiger partial charge is 0.256 e. The minimum absolute atomic E-state index is 0.00212. The summed E-state index contributed by atoms with van der Waals surface area (Å²) < 4.78 is 27.9. The summed E-state index contributed by atoms with van der Waals surface area (Å²) in [6, 6.07) is 7.91. The van der Waals surface area contributed by atoms with Crippen LogP contribution in [0.1, 0.15) is 34.7 Å². The molecule has 0 unspecified atom stereocenters. The number of nitrogens with zero attached hydrogens (tertiary/aromatic N) is 5. The van der Waals surface area contributed by atoms with E-state index >= 15 is 0 Å². The lowest BCUT2D eigenvalue weighted by Gasteiger charge is -2.32. The van der Waals surface area contributed by atoms with E-state index in [0.29, 0.717) is 42.9 Å². The SMILES string of the molecule is Cc1cc(Nc2ccn(SF)n2)nc(CC2CCN(C(=O)c3cccc(Cl)c3F)CC2)n1. The molecule has 0 radical (unpaired) electrons. The van der Waals surface area contributed by atoms with Gasteiger partial charge in [-0.3, -0.25) is 4.79 Å². The van der Waals surface area contributed by atoms with Gasteiger partial charge in [-0.05, 0) is 37.8 Å². The molecule has 0 spiro atoms. The molecule has 4 rings (SSSR count). The maximum Gasteiger partial charge on any atom is 0.256 e. The van der Waals surface area contributed by atoms with Crippen molar-refractivity contribution in [2.24, 2.45) is 5.92 Å². The van der Waals surface area contributed by atoms with Crippen molar-refractivity contribution in [1.82, 2.24) is 24.1 Å². The maximum absolute atomic E-state index is 14.2. The van der Waals surface area contributed by atoms with Crippen LogP contribution in [-0.2, 0) is 6.42 Å². The van der Waals surface area contributed by atoms with Gasteiger partial charge in [0.25, 0.3) is 5.91 Å². The monoisotopic (exact) mass is 478 g/mol. The highest BCUT2D eigenvalue weighted by Gasteiger charge is 2.26. The Morgan fingerprint density at radius 3 is 2.75 bits per heavy atom. The highest BCUT2D eigenvalue weighted by Crippen LogP contribution is 2.25. The second-order valence-corrected chi connectivity index (χ2v) is 8.57. The zero-order valence-corrected chi connectivity index (χ0v) is 18.8. The standard InChI is InChI=1S/C21H21ClF2N6OS/c1-13-11-18(26-17-7-10-30(28-17)32-24)27-19(25-13)12-14-5-8-29(9-6-14)21(31)15-3-2-4-16(22)20(15)23/h2-4,7,10-11,14H,5-6,8-9,12H2,1H3,(H,25,26,27,28). The normalized spacial score (nSPS) is 14.6. The Morgan fingerprint density at radius 2 is 2.03 bits per heavy atom. The van der Waals surface area contributed by atoms with Crippen molar-refractivity contribution in [3.63, 3.8) is 0 Å². The Hall–Kier alpha value is -2.72. The van der Waals surface area contributed by atoms with Gasteiger partial charge in [0, 0.05) is 43.5 Å². The van der Waals surface area contributed by atoms with Crippen molar-refractivity contribution in [3.05, 3.63) is 64.5 Å². The summed E-state index contributed by atoms with van der Waals surface area (Å²) in [5.41, 5.74) is 0.808. The molecule has 2 aromatic heterocycles. The average Bonchev–Trinajstić information content (AvgIpc) is 3.23. The lowest BCUT2D eigenvalue weighted by molar-refractivity contribution is 0.0685. The predicted octanol–water partition coefficient (Wildman–Crippen LogP) is 4.99. The largest absolute Gasteiger partial charge is 0.339 e.